The van der Waals surface area contributed by atoms with Gasteiger partial charge in [0.1, 0.15) is 0 Å². The van der Waals surface area contributed by atoms with E-state index in [0.717, 1.165) is 0 Å². The zero-order valence-electron chi connectivity index (χ0n) is 4.73. The molecule has 0 saturated heterocycles. The van der Waals surface area contributed by atoms with Gasteiger partial charge in [0.2, 0.25) is 0 Å². The van der Waals surface area contributed by atoms with Crippen LogP contribution >= 0.6 is 0 Å². The van der Waals surface area contributed by atoms with Crippen LogP contribution in [-0.2, 0) is 24.3 Å². The van der Waals surface area contributed by atoms with Crippen molar-refractivity contribution in [2.45, 2.75) is 13.3 Å². The number of aliphatic carboxylic acids is 1. The third-order valence-corrected chi connectivity index (χ3v) is 0.289. The number of carboxylic acids is 1. The standard InChI is InChI=1S/C3H6O2.CH3.Zn/c1-2-3(4)5;;/h2H2,1H3,(H,4,5);1H3;/q;-1;+2/p-1. The van der Waals surface area contributed by atoms with Crippen LogP contribution in [0.15, 0.2) is 0 Å². The summed E-state index contributed by atoms with van der Waals surface area (Å²) in [6.45, 7) is 1.54. The van der Waals surface area contributed by atoms with Crippen LogP contribution in [-0.4, -0.2) is 5.97 Å². The zero-order valence-corrected chi connectivity index (χ0v) is 7.70. The second-order valence-corrected chi connectivity index (χ2v) is 0.726. The molecular formula is C4H8O2Zn. The molecule has 0 unspecified atom stereocenters. The number of hydrogen-bond acceptors (Lipinski definition) is 2. The van der Waals surface area contributed by atoms with Gasteiger partial charge in [0.05, 0.1) is 0 Å². The minimum absolute atomic E-state index is 0. The van der Waals surface area contributed by atoms with Crippen molar-refractivity contribution in [2.24, 2.45) is 0 Å². The molecule has 2 nitrogen and oxygen atoms in total. The molecule has 0 heterocycles. The molecule has 0 bridgehead atoms. The Balaban J connectivity index is -0.0000000800. The van der Waals surface area contributed by atoms with Gasteiger partial charge < -0.3 is 17.3 Å². The quantitative estimate of drug-likeness (QED) is 0.380. The average molecular weight is 153 g/mol. The van der Waals surface area contributed by atoms with Gasteiger partial charge in [0, 0.05) is 5.97 Å². The van der Waals surface area contributed by atoms with E-state index in [1.165, 1.54) is 6.92 Å². The normalized spacial score (nSPS) is 5.29. The number of rotatable bonds is 1. The third-order valence-electron chi connectivity index (χ3n) is 0.289. The maximum atomic E-state index is 9.26. The monoisotopic (exact) mass is 152 g/mol. The van der Waals surface area contributed by atoms with Crippen molar-refractivity contribution in [3.05, 3.63) is 7.43 Å². The Morgan fingerprint density at radius 3 is 1.86 bits per heavy atom. The van der Waals surface area contributed by atoms with E-state index in [1.54, 1.807) is 0 Å². The summed E-state index contributed by atoms with van der Waals surface area (Å²) in [7, 11) is 0. The molecule has 7 heavy (non-hydrogen) atoms. The number of carboxylic acid groups (broad SMARTS) is 1. The predicted octanol–water partition coefficient (Wildman–Crippen LogP) is -0.406. The molecule has 0 N–H and O–H groups in total. The largest absolute Gasteiger partial charge is 2.00 e. The Kier molecular flexibility index (Phi) is 21.2. The van der Waals surface area contributed by atoms with Crippen LogP contribution in [0.1, 0.15) is 13.3 Å². The van der Waals surface area contributed by atoms with Crippen molar-refractivity contribution >= 4 is 5.97 Å². The van der Waals surface area contributed by atoms with Crippen molar-refractivity contribution in [2.75, 3.05) is 0 Å². The first-order valence-corrected chi connectivity index (χ1v) is 1.47. The van der Waals surface area contributed by atoms with Crippen molar-refractivity contribution < 1.29 is 29.4 Å². The van der Waals surface area contributed by atoms with E-state index < -0.39 is 5.97 Å². The van der Waals surface area contributed by atoms with Gasteiger partial charge in [0.15, 0.2) is 0 Å². The Morgan fingerprint density at radius 1 is 1.71 bits per heavy atom. The van der Waals surface area contributed by atoms with E-state index in [9.17, 15) is 9.90 Å². The fourth-order valence-corrected chi connectivity index (χ4v) is 0. The molecule has 0 aromatic carbocycles. The SMILES string of the molecule is CCC(=O)[O-].[CH3-].[Zn+2]. The van der Waals surface area contributed by atoms with Gasteiger partial charge in [-0.1, -0.05) is 6.92 Å². The van der Waals surface area contributed by atoms with E-state index >= 15 is 0 Å². The summed E-state index contributed by atoms with van der Waals surface area (Å²) in [6, 6.07) is 0. The molecule has 0 aliphatic heterocycles. The minimum Gasteiger partial charge on any atom is -0.550 e. The van der Waals surface area contributed by atoms with Crippen LogP contribution in [0, 0.1) is 7.43 Å². The predicted molar refractivity (Wildman–Crippen MR) is 21.7 cm³/mol. The first kappa shape index (κ1) is 15.7. The molecule has 38 valence electrons. The van der Waals surface area contributed by atoms with E-state index in [1.807, 2.05) is 0 Å². The fraction of sp³-hybridized carbons (Fsp3) is 0.500. The van der Waals surface area contributed by atoms with E-state index in [-0.39, 0.29) is 33.3 Å². The first-order valence-electron chi connectivity index (χ1n) is 1.47. The maximum absolute atomic E-state index is 9.26. The first-order chi connectivity index (χ1) is 2.27. The summed E-state index contributed by atoms with van der Waals surface area (Å²) in [4.78, 5) is 9.26. The molecule has 0 radical (unpaired) electrons. The summed E-state index contributed by atoms with van der Waals surface area (Å²) >= 11 is 0. The molecule has 0 amide bonds. The average Bonchev–Trinajstić information content (AvgIpc) is 1.38. The topological polar surface area (TPSA) is 40.1 Å². The van der Waals surface area contributed by atoms with Gasteiger partial charge in [-0.2, -0.15) is 0 Å². The smallest absolute Gasteiger partial charge is 0.550 e. The van der Waals surface area contributed by atoms with Crippen LogP contribution in [0.5, 0.6) is 0 Å². The van der Waals surface area contributed by atoms with Crippen molar-refractivity contribution in [1.82, 2.24) is 0 Å². The number of carbonyl (C=O) groups excluding carboxylic acids is 1. The second kappa shape index (κ2) is 9.43. The summed E-state index contributed by atoms with van der Waals surface area (Å²) < 4.78 is 0. The Labute approximate surface area is 56.7 Å². The fourth-order valence-electron chi connectivity index (χ4n) is 0. The molecular weight excluding hydrogens is 145 g/mol. The van der Waals surface area contributed by atoms with Crippen LogP contribution in [0.3, 0.4) is 0 Å². The molecule has 0 aromatic rings. The van der Waals surface area contributed by atoms with Gasteiger partial charge in [0.25, 0.3) is 0 Å². The molecule has 0 spiro atoms. The van der Waals surface area contributed by atoms with Gasteiger partial charge in [-0.25, -0.2) is 0 Å². The van der Waals surface area contributed by atoms with E-state index in [0.29, 0.717) is 0 Å². The Hall–Kier alpha value is 0.0934. The summed E-state index contributed by atoms with van der Waals surface area (Å²) in [5.41, 5.74) is 0. The summed E-state index contributed by atoms with van der Waals surface area (Å²) in [5, 5.41) is 9.26. The van der Waals surface area contributed by atoms with Gasteiger partial charge in [-0.15, -0.1) is 0 Å². The van der Waals surface area contributed by atoms with Gasteiger partial charge >= 0.3 is 19.5 Å². The van der Waals surface area contributed by atoms with Crippen LogP contribution in [0.4, 0.5) is 0 Å². The molecule has 0 aromatic heterocycles. The van der Waals surface area contributed by atoms with Gasteiger partial charge in [-0.3, -0.25) is 0 Å². The molecule has 0 atom stereocenters. The molecule has 0 aliphatic carbocycles. The van der Waals surface area contributed by atoms with Gasteiger partial charge in [-0.05, 0) is 6.42 Å². The summed E-state index contributed by atoms with van der Waals surface area (Å²) in [6.07, 6.45) is 0.111. The van der Waals surface area contributed by atoms with Crippen molar-refractivity contribution in [1.29, 1.82) is 0 Å². The Bertz CT molecular complexity index is 45.0. The molecule has 0 rings (SSSR count). The van der Waals surface area contributed by atoms with Crippen LogP contribution in [0.25, 0.3) is 0 Å². The van der Waals surface area contributed by atoms with Crippen LogP contribution in [0.2, 0.25) is 0 Å². The van der Waals surface area contributed by atoms with E-state index in [4.69, 9.17) is 0 Å². The maximum Gasteiger partial charge on any atom is 2.00 e. The van der Waals surface area contributed by atoms with Crippen molar-refractivity contribution in [3.8, 4) is 0 Å². The second-order valence-electron chi connectivity index (χ2n) is 0.726. The van der Waals surface area contributed by atoms with E-state index in [2.05, 4.69) is 0 Å². The summed E-state index contributed by atoms with van der Waals surface area (Å²) in [5.74, 6) is -0.995. The molecule has 3 heteroatoms. The zero-order chi connectivity index (χ0) is 4.28. The number of hydrogen-bond donors (Lipinski definition) is 0. The third kappa shape index (κ3) is 23.3. The van der Waals surface area contributed by atoms with Crippen molar-refractivity contribution in [3.63, 3.8) is 0 Å². The van der Waals surface area contributed by atoms with Crippen LogP contribution < -0.4 is 5.11 Å². The minimum atomic E-state index is -0.995. The molecule has 0 aliphatic rings. The number of carbonyl (C=O) groups is 1. The Morgan fingerprint density at radius 2 is 1.86 bits per heavy atom. The molecule has 0 fully saturated rings. The molecule has 0 saturated carbocycles.